The van der Waals surface area contributed by atoms with Crippen LogP contribution in [0, 0.1) is 0 Å². The second-order valence-corrected chi connectivity index (χ2v) is 11.1. The lowest BCUT2D eigenvalue weighted by Gasteiger charge is -2.35. The molecule has 0 spiro atoms. The van der Waals surface area contributed by atoms with Gasteiger partial charge in [-0.05, 0) is 46.8 Å². The van der Waals surface area contributed by atoms with Crippen molar-refractivity contribution in [2.45, 2.75) is 51.0 Å². The van der Waals surface area contributed by atoms with Gasteiger partial charge < -0.3 is 10.0 Å². The van der Waals surface area contributed by atoms with Gasteiger partial charge in [-0.1, -0.05) is 58.0 Å². The van der Waals surface area contributed by atoms with Gasteiger partial charge in [0.1, 0.15) is 5.82 Å². The van der Waals surface area contributed by atoms with Crippen molar-refractivity contribution in [1.82, 2.24) is 9.27 Å². The zero-order valence-electron chi connectivity index (χ0n) is 19.1. The standard InChI is InChI=1S/C26H33N3OS/c1-25(2)20-10-9-18(17-21(20)26(3,4)24(25)30)11-12-28-13-15-29(16-14-28)23-19-7-5-6-8-22(19)31-27-23/h5-10,17,24,30H,11-16H2,1-4H3. The molecule has 0 radical (unpaired) electrons. The van der Waals surface area contributed by atoms with Crippen LogP contribution in [0.25, 0.3) is 10.1 Å². The molecule has 3 aromatic rings. The number of anilines is 1. The van der Waals surface area contributed by atoms with Gasteiger partial charge in [-0.3, -0.25) is 4.90 Å². The molecule has 1 unspecified atom stereocenters. The summed E-state index contributed by atoms with van der Waals surface area (Å²) in [7, 11) is 0. The molecular weight excluding hydrogens is 402 g/mol. The van der Waals surface area contributed by atoms with E-state index in [0.29, 0.717) is 0 Å². The number of nitrogens with zero attached hydrogens (tertiary/aromatic N) is 3. The van der Waals surface area contributed by atoms with E-state index >= 15 is 0 Å². The minimum Gasteiger partial charge on any atom is -0.391 e. The molecule has 164 valence electrons. The third-order valence-corrected chi connectivity index (χ3v) is 8.40. The average Bonchev–Trinajstić information content (AvgIpc) is 3.26. The van der Waals surface area contributed by atoms with Gasteiger partial charge in [0, 0.05) is 48.9 Å². The minimum atomic E-state index is -0.347. The zero-order valence-corrected chi connectivity index (χ0v) is 19.9. The molecule has 5 rings (SSSR count). The van der Waals surface area contributed by atoms with Crippen molar-refractivity contribution in [3.8, 4) is 0 Å². The lowest BCUT2D eigenvalue weighted by atomic mass is 9.78. The van der Waals surface area contributed by atoms with Crippen LogP contribution < -0.4 is 4.90 Å². The third kappa shape index (κ3) is 3.47. The number of hydrogen-bond acceptors (Lipinski definition) is 5. The number of aliphatic hydroxyl groups is 1. The van der Waals surface area contributed by atoms with E-state index in [4.69, 9.17) is 4.37 Å². The first-order chi connectivity index (χ1) is 14.8. The number of aliphatic hydroxyl groups excluding tert-OH is 1. The normalized spacial score (nSPS) is 22.7. The number of fused-ring (bicyclic) bond motifs is 2. The predicted octanol–water partition coefficient (Wildman–Crippen LogP) is 4.59. The molecule has 1 aromatic heterocycles. The Morgan fingerprint density at radius 3 is 2.45 bits per heavy atom. The fraction of sp³-hybridized carbons (Fsp3) is 0.500. The van der Waals surface area contributed by atoms with Gasteiger partial charge in [-0.2, -0.15) is 4.37 Å². The van der Waals surface area contributed by atoms with E-state index in [-0.39, 0.29) is 16.9 Å². The van der Waals surface area contributed by atoms with Crippen LogP contribution in [0.5, 0.6) is 0 Å². The summed E-state index contributed by atoms with van der Waals surface area (Å²) < 4.78 is 6.00. The molecule has 1 saturated heterocycles. The number of benzene rings is 2. The van der Waals surface area contributed by atoms with Crippen LogP contribution in [0.3, 0.4) is 0 Å². The summed E-state index contributed by atoms with van der Waals surface area (Å²) in [5.74, 6) is 1.15. The molecule has 2 aliphatic rings. The number of aromatic nitrogens is 1. The average molecular weight is 436 g/mol. The lowest BCUT2D eigenvalue weighted by Crippen LogP contribution is -2.47. The van der Waals surface area contributed by atoms with Crippen molar-refractivity contribution in [1.29, 1.82) is 0 Å². The molecule has 31 heavy (non-hydrogen) atoms. The zero-order chi connectivity index (χ0) is 21.8. The highest BCUT2D eigenvalue weighted by Crippen LogP contribution is 2.49. The molecule has 1 atom stereocenters. The van der Waals surface area contributed by atoms with Gasteiger partial charge >= 0.3 is 0 Å². The van der Waals surface area contributed by atoms with Gasteiger partial charge in [-0.25, -0.2) is 0 Å². The Morgan fingerprint density at radius 2 is 1.68 bits per heavy atom. The summed E-state index contributed by atoms with van der Waals surface area (Å²) in [4.78, 5) is 5.01. The van der Waals surface area contributed by atoms with Crippen molar-refractivity contribution in [3.63, 3.8) is 0 Å². The number of hydrogen-bond donors (Lipinski definition) is 1. The fourth-order valence-electron chi connectivity index (χ4n) is 5.61. The van der Waals surface area contributed by atoms with Gasteiger partial charge in [0.25, 0.3) is 0 Å². The van der Waals surface area contributed by atoms with Gasteiger partial charge in [0.2, 0.25) is 0 Å². The van der Waals surface area contributed by atoms with E-state index < -0.39 is 0 Å². The third-order valence-electron chi connectivity index (χ3n) is 7.59. The van der Waals surface area contributed by atoms with E-state index in [1.807, 2.05) is 0 Å². The first-order valence-electron chi connectivity index (χ1n) is 11.4. The fourth-order valence-corrected chi connectivity index (χ4v) is 6.41. The summed E-state index contributed by atoms with van der Waals surface area (Å²) in [5, 5.41) is 12.2. The Bertz CT molecular complexity index is 1090. The Hall–Kier alpha value is -1.95. The second kappa shape index (κ2) is 7.58. The van der Waals surface area contributed by atoms with E-state index in [1.54, 1.807) is 11.5 Å². The van der Waals surface area contributed by atoms with Crippen molar-refractivity contribution >= 4 is 27.4 Å². The molecule has 0 bridgehead atoms. The molecule has 0 saturated carbocycles. The Morgan fingerprint density at radius 1 is 0.968 bits per heavy atom. The first kappa shape index (κ1) is 20.9. The molecule has 1 aliphatic heterocycles. The maximum atomic E-state index is 10.9. The maximum Gasteiger partial charge on any atom is 0.150 e. The smallest absolute Gasteiger partial charge is 0.150 e. The van der Waals surface area contributed by atoms with Crippen molar-refractivity contribution < 1.29 is 5.11 Å². The van der Waals surface area contributed by atoms with Gasteiger partial charge in [0.05, 0.1) is 10.8 Å². The van der Waals surface area contributed by atoms with Crippen LogP contribution >= 0.6 is 11.5 Å². The monoisotopic (exact) mass is 435 g/mol. The van der Waals surface area contributed by atoms with E-state index in [2.05, 4.69) is 80.0 Å². The molecule has 1 N–H and O–H groups in total. The Kier molecular flexibility index (Phi) is 5.11. The number of piperazine rings is 1. The second-order valence-electron chi connectivity index (χ2n) is 10.3. The van der Waals surface area contributed by atoms with Crippen molar-refractivity contribution in [3.05, 3.63) is 59.2 Å². The summed E-state index contributed by atoms with van der Waals surface area (Å²) in [5.41, 5.74) is 3.62. The molecular formula is C26H33N3OS. The van der Waals surface area contributed by atoms with Crippen LogP contribution in [0.1, 0.15) is 44.4 Å². The molecule has 2 aromatic carbocycles. The maximum absolute atomic E-state index is 10.9. The molecule has 2 heterocycles. The molecule has 4 nitrogen and oxygen atoms in total. The van der Waals surface area contributed by atoms with Gasteiger partial charge in [0.15, 0.2) is 0 Å². The van der Waals surface area contributed by atoms with E-state index in [9.17, 15) is 5.11 Å². The highest BCUT2D eigenvalue weighted by molar-refractivity contribution is 7.13. The quantitative estimate of drug-likeness (QED) is 0.651. The largest absolute Gasteiger partial charge is 0.391 e. The molecule has 1 fully saturated rings. The highest BCUT2D eigenvalue weighted by Gasteiger charge is 2.50. The Labute approximate surface area is 189 Å². The van der Waals surface area contributed by atoms with Crippen LogP contribution in [0.4, 0.5) is 5.82 Å². The summed E-state index contributed by atoms with van der Waals surface area (Å²) in [6.07, 6.45) is 0.708. The van der Waals surface area contributed by atoms with E-state index in [1.165, 1.54) is 26.8 Å². The lowest BCUT2D eigenvalue weighted by molar-refractivity contribution is 0.0566. The summed E-state index contributed by atoms with van der Waals surface area (Å²) >= 11 is 1.60. The van der Waals surface area contributed by atoms with Crippen LogP contribution in [0.2, 0.25) is 0 Å². The SMILES string of the molecule is CC1(C)c2ccc(CCN3CCN(c4nsc5ccccc45)CC3)cc2C(C)(C)C1O. The predicted molar refractivity (Wildman–Crippen MR) is 130 cm³/mol. The van der Waals surface area contributed by atoms with Crippen molar-refractivity contribution in [2.75, 3.05) is 37.6 Å². The molecule has 5 heteroatoms. The topological polar surface area (TPSA) is 39.6 Å². The minimum absolute atomic E-state index is 0.187. The van der Waals surface area contributed by atoms with E-state index in [0.717, 1.165) is 45.0 Å². The summed E-state index contributed by atoms with van der Waals surface area (Å²) in [6.45, 7) is 14.0. The number of rotatable bonds is 4. The summed E-state index contributed by atoms with van der Waals surface area (Å²) in [6, 6.07) is 15.4. The first-order valence-corrected chi connectivity index (χ1v) is 12.2. The van der Waals surface area contributed by atoms with Crippen LogP contribution in [-0.4, -0.2) is 53.2 Å². The van der Waals surface area contributed by atoms with Crippen molar-refractivity contribution in [2.24, 2.45) is 0 Å². The molecule has 0 amide bonds. The van der Waals surface area contributed by atoms with Gasteiger partial charge in [-0.15, -0.1) is 0 Å². The van der Waals surface area contributed by atoms with Crippen LogP contribution in [0.15, 0.2) is 42.5 Å². The Balaban J connectivity index is 1.22. The molecule has 1 aliphatic carbocycles. The highest BCUT2D eigenvalue weighted by atomic mass is 32.1. The van der Waals surface area contributed by atoms with Crippen LogP contribution in [-0.2, 0) is 17.3 Å².